The number of epoxide rings is 1. The molecule has 2 heterocycles. The molecule has 152 valence electrons. The predicted octanol–water partition coefficient (Wildman–Crippen LogP) is 4.10. The molecule has 0 saturated carbocycles. The first-order chi connectivity index (χ1) is 13.6. The van der Waals surface area contributed by atoms with Crippen LogP contribution in [0, 0.1) is 11.8 Å². The van der Waals surface area contributed by atoms with E-state index in [1.165, 1.54) is 26.4 Å². The zero-order valence-corrected chi connectivity index (χ0v) is 16.9. The first-order valence-corrected chi connectivity index (χ1v) is 10.2. The Kier molecular flexibility index (Phi) is 9.74. The van der Waals surface area contributed by atoms with Gasteiger partial charge in [-0.25, -0.2) is 4.98 Å². The number of allylic oxidation sites excluding steroid dienone is 1. The molecule has 1 aliphatic heterocycles. The average Bonchev–Trinajstić information content (AvgIpc) is 3.48. The van der Waals surface area contributed by atoms with Crippen molar-refractivity contribution >= 4 is 5.97 Å². The Balaban J connectivity index is 1.76. The molecule has 0 bridgehead atoms. The summed E-state index contributed by atoms with van der Waals surface area (Å²) in [7, 11) is 1.40. The minimum Gasteiger partial charge on any atom is -0.469 e. The summed E-state index contributed by atoms with van der Waals surface area (Å²) in [5, 5.41) is 9.99. The van der Waals surface area contributed by atoms with Crippen molar-refractivity contribution in [3.05, 3.63) is 41.7 Å². The first kappa shape index (κ1) is 22.1. The van der Waals surface area contributed by atoms with Gasteiger partial charge in [0.05, 0.1) is 18.9 Å². The number of aromatic nitrogens is 1. The number of methoxy groups -OCH3 is 1. The van der Waals surface area contributed by atoms with Crippen LogP contribution >= 0.6 is 0 Å². The number of pyridine rings is 1. The highest BCUT2D eigenvalue weighted by Crippen LogP contribution is 2.40. The number of carbonyl (C=O) groups excluding carboxylic acids is 1. The van der Waals surface area contributed by atoms with Crippen LogP contribution in [-0.4, -0.2) is 35.4 Å². The van der Waals surface area contributed by atoms with Crippen molar-refractivity contribution in [1.82, 2.24) is 4.98 Å². The van der Waals surface area contributed by atoms with E-state index in [1.807, 2.05) is 24.3 Å². The van der Waals surface area contributed by atoms with Crippen molar-refractivity contribution in [2.45, 2.75) is 76.6 Å². The van der Waals surface area contributed by atoms with Gasteiger partial charge in [0.25, 0.3) is 0 Å². The van der Waals surface area contributed by atoms with E-state index in [1.54, 1.807) is 0 Å². The van der Waals surface area contributed by atoms with Gasteiger partial charge in [0.1, 0.15) is 17.9 Å². The van der Waals surface area contributed by atoms with Crippen LogP contribution in [0.4, 0.5) is 0 Å². The number of rotatable bonds is 11. The van der Waals surface area contributed by atoms with E-state index in [9.17, 15) is 9.90 Å². The third kappa shape index (κ3) is 8.24. The van der Waals surface area contributed by atoms with Gasteiger partial charge in [-0.05, 0) is 43.7 Å². The maximum Gasteiger partial charge on any atom is 0.305 e. The Morgan fingerprint density at radius 3 is 3.00 bits per heavy atom. The van der Waals surface area contributed by atoms with E-state index in [4.69, 9.17) is 4.74 Å². The molecule has 3 unspecified atom stereocenters. The smallest absolute Gasteiger partial charge is 0.305 e. The van der Waals surface area contributed by atoms with Gasteiger partial charge in [0.2, 0.25) is 0 Å². The zero-order valence-electron chi connectivity index (χ0n) is 16.9. The maximum absolute atomic E-state index is 11.1. The summed E-state index contributed by atoms with van der Waals surface area (Å²) < 4.78 is 10.3. The van der Waals surface area contributed by atoms with Crippen LogP contribution in [0.3, 0.4) is 0 Å². The minimum absolute atomic E-state index is 0.0321. The number of hydrogen-bond donors (Lipinski definition) is 1. The molecule has 28 heavy (non-hydrogen) atoms. The standard InChI is InChI=1S/C23H31NO4/c1-3-4-5-6-7-8-12-19(25)17-16-18-11-9-13-20(24-18)23-21(28-23)14-10-15-22(26)27-2/h7-9,11,13,19,21,23,25H,3-6,10,12,14-15H2,1-2H3/b8-7-. The Bertz CT molecular complexity index is 704. The number of esters is 1. The van der Waals surface area contributed by atoms with Gasteiger partial charge in [-0.3, -0.25) is 4.79 Å². The van der Waals surface area contributed by atoms with Gasteiger partial charge in [-0.15, -0.1) is 0 Å². The SMILES string of the molecule is CCCCC/C=C\CC(O)C#Cc1cccc(C2OC2CCCC(=O)OC)n1. The summed E-state index contributed by atoms with van der Waals surface area (Å²) in [4.78, 5) is 15.7. The molecule has 1 fully saturated rings. The Morgan fingerprint density at radius 2 is 2.21 bits per heavy atom. The van der Waals surface area contributed by atoms with Crippen LogP contribution in [0.25, 0.3) is 0 Å². The van der Waals surface area contributed by atoms with Gasteiger partial charge in [-0.2, -0.15) is 0 Å². The molecule has 5 heteroatoms. The number of carbonyl (C=O) groups is 1. The lowest BCUT2D eigenvalue weighted by Gasteiger charge is -1.99. The molecule has 1 saturated heterocycles. The number of hydrogen-bond acceptors (Lipinski definition) is 5. The Labute approximate surface area is 168 Å². The van der Waals surface area contributed by atoms with E-state index in [2.05, 4.69) is 34.6 Å². The topological polar surface area (TPSA) is 72.0 Å². The molecule has 1 aromatic heterocycles. The van der Waals surface area contributed by atoms with Crippen molar-refractivity contribution in [3.8, 4) is 11.8 Å². The number of nitrogens with zero attached hydrogens (tertiary/aromatic N) is 1. The maximum atomic E-state index is 11.1. The first-order valence-electron chi connectivity index (χ1n) is 10.2. The number of ether oxygens (including phenoxy) is 2. The molecule has 1 aliphatic rings. The minimum atomic E-state index is -0.684. The average molecular weight is 386 g/mol. The number of aliphatic hydroxyl groups is 1. The van der Waals surface area contributed by atoms with Gasteiger partial charge in [0.15, 0.2) is 0 Å². The number of aliphatic hydroxyl groups excluding tert-OH is 1. The van der Waals surface area contributed by atoms with E-state index >= 15 is 0 Å². The molecule has 2 rings (SSSR count). The van der Waals surface area contributed by atoms with E-state index < -0.39 is 6.10 Å². The second kappa shape index (κ2) is 12.3. The Hall–Kier alpha value is -2.16. The van der Waals surface area contributed by atoms with E-state index in [0.717, 1.165) is 25.0 Å². The normalized spacial score (nSPS) is 19.1. The van der Waals surface area contributed by atoms with Crippen LogP contribution in [0.2, 0.25) is 0 Å². The van der Waals surface area contributed by atoms with Crippen LogP contribution in [0.5, 0.6) is 0 Å². The molecular formula is C23H31NO4. The number of unbranched alkanes of at least 4 members (excludes halogenated alkanes) is 3. The molecule has 5 nitrogen and oxygen atoms in total. The summed E-state index contributed by atoms with van der Waals surface area (Å²) in [6, 6.07) is 5.66. The fourth-order valence-corrected chi connectivity index (χ4v) is 2.92. The summed E-state index contributed by atoms with van der Waals surface area (Å²) in [5.74, 6) is 5.61. The van der Waals surface area contributed by atoms with E-state index in [-0.39, 0.29) is 18.2 Å². The summed E-state index contributed by atoms with van der Waals surface area (Å²) in [6.07, 6.45) is 10.7. The molecule has 0 spiro atoms. The third-order valence-corrected chi connectivity index (χ3v) is 4.61. The lowest BCUT2D eigenvalue weighted by molar-refractivity contribution is -0.140. The molecule has 0 radical (unpaired) electrons. The van der Waals surface area contributed by atoms with Crippen molar-refractivity contribution < 1.29 is 19.4 Å². The van der Waals surface area contributed by atoms with Crippen LogP contribution < -0.4 is 0 Å². The summed E-state index contributed by atoms with van der Waals surface area (Å²) in [5.41, 5.74) is 1.48. The highest BCUT2D eigenvalue weighted by Gasteiger charge is 2.40. The van der Waals surface area contributed by atoms with E-state index in [0.29, 0.717) is 18.5 Å². The monoisotopic (exact) mass is 385 g/mol. The largest absolute Gasteiger partial charge is 0.469 e. The molecule has 1 N–H and O–H groups in total. The van der Waals surface area contributed by atoms with Crippen molar-refractivity contribution in [1.29, 1.82) is 0 Å². The van der Waals surface area contributed by atoms with Crippen LogP contribution in [-0.2, 0) is 14.3 Å². The van der Waals surface area contributed by atoms with Crippen LogP contribution in [0.15, 0.2) is 30.4 Å². The molecular weight excluding hydrogens is 354 g/mol. The van der Waals surface area contributed by atoms with Gasteiger partial charge in [0, 0.05) is 12.8 Å². The fourth-order valence-electron chi connectivity index (χ4n) is 2.92. The fraction of sp³-hybridized carbons (Fsp3) is 0.565. The molecule has 3 atom stereocenters. The van der Waals surface area contributed by atoms with Crippen LogP contribution in [0.1, 0.15) is 75.8 Å². The summed E-state index contributed by atoms with van der Waals surface area (Å²) in [6.45, 7) is 2.19. The lowest BCUT2D eigenvalue weighted by atomic mass is 10.1. The lowest BCUT2D eigenvalue weighted by Crippen LogP contribution is -2.01. The zero-order chi connectivity index (χ0) is 20.2. The van der Waals surface area contributed by atoms with Crippen molar-refractivity contribution in [3.63, 3.8) is 0 Å². The highest BCUT2D eigenvalue weighted by atomic mass is 16.6. The van der Waals surface area contributed by atoms with Gasteiger partial charge in [-0.1, -0.05) is 43.9 Å². The predicted molar refractivity (Wildman–Crippen MR) is 109 cm³/mol. The van der Waals surface area contributed by atoms with Gasteiger partial charge < -0.3 is 14.6 Å². The van der Waals surface area contributed by atoms with Gasteiger partial charge >= 0.3 is 5.97 Å². The quantitative estimate of drug-likeness (QED) is 0.204. The Morgan fingerprint density at radius 1 is 1.36 bits per heavy atom. The van der Waals surface area contributed by atoms with Crippen molar-refractivity contribution in [2.24, 2.45) is 0 Å². The molecule has 1 aromatic rings. The summed E-state index contributed by atoms with van der Waals surface area (Å²) >= 11 is 0. The second-order valence-corrected chi connectivity index (χ2v) is 7.00. The second-order valence-electron chi connectivity index (χ2n) is 7.00. The highest BCUT2D eigenvalue weighted by molar-refractivity contribution is 5.69. The molecule has 0 aliphatic carbocycles. The molecule has 0 aromatic carbocycles. The third-order valence-electron chi connectivity index (χ3n) is 4.61. The molecule has 0 amide bonds. The van der Waals surface area contributed by atoms with Crippen molar-refractivity contribution in [2.75, 3.05) is 7.11 Å².